The quantitative estimate of drug-likeness (QED) is 0.826. The molecule has 1 aliphatic carbocycles. The van der Waals surface area contributed by atoms with Crippen molar-refractivity contribution in [2.45, 2.75) is 38.6 Å². The molecule has 0 aliphatic heterocycles. The number of rotatable bonds is 6. The first-order valence-corrected chi connectivity index (χ1v) is 8.66. The number of anilines is 1. The van der Waals surface area contributed by atoms with Gasteiger partial charge in [0.2, 0.25) is 5.91 Å². The molecule has 0 spiro atoms. The highest BCUT2D eigenvalue weighted by molar-refractivity contribution is 6.30. The van der Waals surface area contributed by atoms with E-state index in [1.165, 1.54) is 4.68 Å². The Balaban J connectivity index is 1.74. The first kappa shape index (κ1) is 17.5. The third kappa shape index (κ3) is 4.20. The van der Waals surface area contributed by atoms with Gasteiger partial charge in [0.1, 0.15) is 6.54 Å². The summed E-state index contributed by atoms with van der Waals surface area (Å²) in [5.41, 5.74) is 0.572. The summed E-state index contributed by atoms with van der Waals surface area (Å²) in [6.07, 6.45) is 5.85. The second-order valence-corrected chi connectivity index (χ2v) is 6.98. The molecule has 0 unspecified atom stereocenters. The zero-order valence-electron chi connectivity index (χ0n) is 13.7. The molecule has 1 saturated carbocycles. The van der Waals surface area contributed by atoms with Gasteiger partial charge in [-0.05, 0) is 37.0 Å². The van der Waals surface area contributed by atoms with Gasteiger partial charge >= 0.3 is 5.97 Å². The summed E-state index contributed by atoms with van der Waals surface area (Å²) < 4.78 is 1.29. The molecule has 1 amide bonds. The van der Waals surface area contributed by atoms with Gasteiger partial charge in [-0.3, -0.25) is 14.3 Å². The lowest BCUT2D eigenvalue weighted by molar-refractivity contribution is -0.137. The average Bonchev–Trinajstić information content (AvgIpc) is 3.17. The van der Waals surface area contributed by atoms with Crippen LogP contribution in [0.2, 0.25) is 5.02 Å². The number of hydrogen-bond donors (Lipinski definition) is 2. The lowest BCUT2D eigenvalue weighted by atomic mass is 9.79. The summed E-state index contributed by atoms with van der Waals surface area (Å²) in [5, 5.41) is 16.4. The van der Waals surface area contributed by atoms with E-state index >= 15 is 0 Å². The topological polar surface area (TPSA) is 84.2 Å². The van der Waals surface area contributed by atoms with Crippen LogP contribution in [0, 0.1) is 5.41 Å². The predicted molar refractivity (Wildman–Crippen MR) is 94.5 cm³/mol. The van der Waals surface area contributed by atoms with E-state index in [0.29, 0.717) is 17.3 Å². The van der Waals surface area contributed by atoms with Gasteiger partial charge in [-0.2, -0.15) is 5.10 Å². The maximum absolute atomic E-state index is 12.9. The fourth-order valence-corrected chi connectivity index (χ4v) is 3.69. The molecule has 2 N–H and O–H groups in total. The Labute approximate surface area is 150 Å². The minimum Gasteiger partial charge on any atom is -0.480 e. The number of amides is 1. The SMILES string of the molecule is O=C(O)Cn1ccc(NC(=O)C2(Cc3cccc(Cl)c3)CCCC2)n1. The molecular weight excluding hydrogens is 342 g/mol. The molecule has 6 nitrogen and oxygen atoms in total. The maximum Gasteiger partial charge on any atom is 0.325 e. The monoisotopic (exact) mass is 361 g/mol. The van der Waals surface area contributed by atoms with Crippen molar-refractivity contribution >= 4 is 29.3 Å². The van der Waals surface area contributed by atoms with E-state index in [1.807, 2.05) is 24.3 Å². The van der Waals surface area contributed by atoms with E-state index in [0.717, 1.165) is 31.2 Å². The zero-order chi connectivity index (χ0) is 17.9. The molecule has 1 aromatic carbocycles. The molecule has 0 radical (unpaired) electrons. The molecule has 0 bridgehead atoms. The molecule has 2 aromatic rings. The fraction of sp³-hybridized carbons (Fsp3) is 0.389. The van der Waals surface area contributed by atoms with Gasteiger partial charge < -0.3 is 10.4 Å². The van der Waals surface area contributed by atoms with Crippen molar-refractivity contribution in [3.05, 3.63) is 47.1 Å². The summed E-state index contributed by atoms with van der Waals surface area (Å²) in [7, 11) is 0. The van der Waals surface area contributed by atoms with Crippen molar-refractivity contribution < 1.29 is 14.7 Å². The Hall–Kier alpha value is -2.34. The molecule has 1 aliphatic rings. The average molecular weight is 362 g/mol. The Morgan fingerprint density at radius 3 is 2.72 bits per heavy atom. The number of aliphatic carboxylic acids is 1. The fourth-order valence-electron chi connectivity index (χ4n) is 3.48. The van der Waals surface area contributed by atoms with E-state index in [9.17, 15) is 9.59 Å². The van der Waals surface area contributed by atoms with Crippen molar-refractivity contribution in [3.63, 3.8) is 0 Å². The van der Waals surface area contributed by atoms with Crippen LogP contribution >= 0.6 is 11.6 Å². The van der Waals surface area contributed by atoms with Gasteiger partial charge in [0, 0.05) is 17.3 Å². The minimum absolute atomic E-state index is 0.0643. The van der Waals surface area contributed by atoms with Crippen molar-refractivity contribution in [3.8, 4) is 0 Å². The normalized spacial score (nSPS) is 15.9. The van der Waals surface area contributed by atoms with Gasteiger partial charge in [0.25, 0.3) is 0 Å². The van der Waals surface area contributed by atoms with Gasteiger partial charge in [0.05, 0.1) is 5.41 Å². The molecule has 0 saturated heterocycles. The Morgan fingerprint density at radius 2 is 2.04 bits per heavy atom. The van der Waals surface area contributed by atoms with Crippen LogP contribution in [0.25, 0.3) is 0 Å². The highest BCUT2D eigenvalue weighted by Gasteiger charge is 2.41. The summed E-state index contributed by atoms with van der Waals surface area (Å²) in [6, 6.07) is 9.22. The third-order valence-electron chi connectivity index (χ3n) is 4.65. The molecule has 132 valence electrons. The summed E-state index contributed by atoms with van der Waals surface area (Å²) in [5.74, 6) is -0.664. The van der Waals surface area contributed by atoms with E-state index < -0.39 is 11.4 Å². The molecule has 1 heterocycles. The number of carboxylic acid groups (broad SMARTS) is 1. The number of nitrogens with zero attached hydrogens (tertiary/aromatic N) is 2. The number of aromatic nitrogens is 2. The van der Waals surface area contributed by atoms with Crippen LogP contribution in [0.5, 0.6) is 0 Å². The molecule has 1 fully saturated rings. The lowest BCUT2D eigenvalue weighted by Gasteiger charge is -2.27. The maximum atomic E-state index is 12.9. The number of nitrogens with one attached hydrogen (secondary N) is 1. The largest absolute Gasteiger partial charge is 0.480 e. The van der Waals surface area contributed by atoms with E-state index in [2.05, 4.69) is 10.4 Å². The number of hydrogen-bond acceptors (Lipinski definition) is 3. The summed E-state index contributed by atoms with van der Waals surface area (Å²) >= 11 is 6.07. The Morgan fingerprint density at radius 1 is 1.28 bits per heavy atom. The van der Waals surface area contributed by atoms with Crippen molar-refractivity contribution in [2.24, 2.45) is 5.41 Å². The van der Waals surface area contributed by atoms with Crippen LogP contribution in [0.3, 0.4) is 0 Å². The standard InChI is InChI=1S/C18H20ClN3O3/c19-14-5-3-4-13(10-14)11-18(7-1-2-8-18)17(25)20-15-6-9-22(21-15)12-16(23)24/h3-6,9-10H,1-2,7-8,11-12H2,(H,23,24)(H,20,21,25). The van der Waals surface area contributed by atoms with Crippen LogP contribution in [-0.4, -0.2) is 26.8 Å². The van der Waals surface area contributed by atoms with Crippen LogP contribution in [0.1, 0.15) is 31.2 Å². The second-order valence-electron chi connectivity index (χ2n) is 6.54. The number of carbonyl (C=O) groups is 2. The Bertz CT molecular complexity index is 781. The third-order valence-corrected chi connectivity index (χ3v) is 4.89. The zero-order valence-corrected chi connectivity index (χ0v) is 14.5. The number of benzene rings is 1. The molecule has 3 rings (SSSR count). The lowest BCUT2D eigenvalue weighted by Crippen LogP contribution is -2.36. The molecule has 25 heavy (non-hydrogen) atoms. The van der Waals surface area contributed by atoms with Gasteiger partial charge in [-0.25, -0.2) is 0 Å². The summed E-state index contributed by atoms with van der Waals surface area (Å²) in [4.78, 5) is 23.7. The predicted octanol–water partition coefficient (Wildman–Crippen LogP) is 3.36. The van der Waals surface area contributed by atoms with Gasteiger partial charge in [-0.1, -0.05) is 36.6 Å². The summed E-state index contributed by atoms with van der Waals surface area (Å²) in [6.45, 7) is -0.233. The number of carbonyl (C=O) groups excluding carboxylic acids is 1. The highest BCUT2D eigenvalue weighted by atomic mass is 35.5. The van der Waals surface area contributed by atoms with Crippen molar-refractivity contribution in [1.82, 2.24) is 9.78 Å². The van der Waals surface area contributed by atoms with Crippen LogP contribution in [0.15, 0.2) is 36.5 Å². The van der Waals surface area contributed by atoms with Crippen LogP contribution in [-0.2, 0) is 22.6 Å². The Kier molecular flexibility index (Phi) is 5.08. The molecule has 1 aromatic heterocycles. The van der Waals surface area contributed by atoms with Gasteiger partial charge in [0.15, 0.2) is 5.82 Å². The van der Waals surface area contributed by atoms with E-state index in [-0.39, 0.29) is 12.5 Å². The second kappa shape index (κ2) is 7.27. The number of halogens is 1. The van der Waals surface area contributed by atoms with Crippen molar-refractivity contribution in [1.29, 1.82) is 0 Å². The highest BCUT2D eigenvalue weighted by Crippen LogP contribution is 2.42. The smallest absolute Gasteiger partial charge is 0.325 e. The molecular formula is C18H20ClN3O3. The first-order chi connectivity index (χ1) is 12.0. The molecule has 0 atom stereocenters. The first-order valence-electron chi connectivity index (χ1n) is 8.28. The van der Waals surface area contributed by atoms with Crippen LogP contribution < -0.4 is 5.32 Å². The number of carboxylic acids is 1. The van der Waals surface area contributed by atoms with E-state index in [4.69, 9.17) is 16.7 Å². The minimum atomic E-state index is -0.978. The van der Waals surface area contributed by atoms with Crippen molar-refractivity contribution in [2.75, 3.05) is 5.32 Å². The molecule has 7 heteroatoms. The van der Waals surface area contributed by atoms with Gasteiger partial charge in [-0.15, -0.1) is 0 Å². The van der Waals surface area contributed by atoms with E-state index in [1.54, 1.807) is 12.3 Å². The van der Waals surface area contributed by atoms with Crippen LogP contribution in [0.4, 0.5) is 5.82 Å².